The van der Waals surface area contributed by atoms with Gasteiger partial charge < -0.3 is 5.32 Å². The van der Waals surface area contributed by atoms with Gasteiger partial charge in [0.25, 0.3) is 11.8 Å². The van der Waals surface area contributed by atoms with E-state index in [0.29, 0.717) is 22.4 Å². The zero-order chi connectivity index (χ0) is 15.4. The third-order valence-corrected chi connectivity index (χ3v) is 4.65. The second kappa shape index (κ2) is 6.93. The lowest BCUT2D eigenvalue weighted by Gasteiger charge is -2.05. The van der Waals surface area contributed by atoms with Crippen LogP contribution in [0.1, 0.15) is 20.8 Å². The van der Waals surface area contributed by atoms with Crippen LogP contribution in [0.4, 0.5) is 0 Å². The molecule has 114 valence electrons. The summed E-state index contributed by atoms with van der Waals surface area (Å²) in [6.45, 7) is 1.44. The maximum absolute atomic E-state index is 12.0. The van der Waals surface area contributed by atoms with E-state index in [4.69, 9.17) is 0 Å². The Morgan fingerprint density at radius 1 is 0.955 bits per heavy atom. The maximum atomic E-state index is 12.0. The molecular formula is C13H13N5O2S2. The van der Waals surface area contributed by atoms with Crippen LogP contribution in [0.2, 0.25) is 0 Å². The van der Waals surface area contributed by atoms with Crippen molar-refractivity contribution in [1.82, 2.24) is 15.6 Å². The van der Waals surface area contributed by atoms with Gasteiger partial charge in [0.15, 0.2) is 10.3 Å². The molecule has 1 aromatic rings. The number of aromatic nitrogens is 1. The molecule has 0 aromatic carbocycles. The van der Waals surface area contributed by atoms with Crippen molar-refractivity contribution in [2.75, 3.05) is 24.6 Å². The summed E-state index contributed by atoms with van der Waals surface area (Å²) in [6.07, 6.45) is 1.38. The van der Waals surface area contributed by atoms with E-state index in [1.165, 1.54) is 35.8 Å². The normalized spacial score (nSPS) is 16.9. The zero-order valence-corrected chi connectivity index (χ0v) is 13.2. The Morgan fingerprint density at radius 2 is 1.59 bits per heavy atom. The number of thioether (sulfide) groups is 2. The topological polar surface area (TPSA) is 95.8 Å². The minimum absolute atomic E-state index is 0.249. The third-order valence-electron chi connectivity index (χ3n) is 2.87. The van der Waals surface area contributed by atoms with Gasteiger partial charge in [0.05, 0.1) is 18.7 Å². The van der Waals surface area contributed by atoms with E-state index in [0.717, 1.165) is 18.1 Å². The summed E-state index contributed by atoms with van der Waals surface area (Å²) in [5.41, 5.74) is 0.638. The summed E-state index contributed by atoms with van der Waals surface area (Å²) < 4.78 is 0. The van der Waals surface area contributed by atoms with Crippen molar-refractivity contribution < 1.29 is 9.59 Å². The largest absolute Gasteiger partial charge is 0.301 e. The molecule has 2 N–H and O–H groups in total. The summed E-state index contributed by atoms with van der Waals surface area (Å²) >= 11 is 3.01. The highest BCUT2D eigenvalue weighted by Gasteiger charge is 2.16. The number of aliphatic imine (C=N–C) groups is 2. The van der Waals surface area contributed by atoms with Crippen molar-refractivity contribution in [2.24, 2.45) is 9.98 Å². The number of hydrogen-bond acceptors (Lipinski definition) is 7. The Morgan fingerprint density at radius 3 is 2.09 bits per heavy atom. The Hall–Kier alpha value is -1.87. The van der Waals surface area contributed by atoms with Gasteiger partial charge in [-0.25, -0.2) is 0 Å². The number of carbonyl (C=O) groups excluding carboxylic acids is 2. The molecule has 1 aromatic heterocycles. The maximum Gasteiger partial charge on any atom is 0.275 e. The summed E-state index contributed by atoms with van der Waals surface area (Å²) in [5.74, 6) is 1.16. The predicted molar refractivity (Wildman–Crippen MR) is 88.7 cm³/mol. The average Bonchev–Trinajstić information content (AvgIpc) is 3.21. The monoisotopic (exact) mass is 335 g/mol. The molecule has 0 bridgehead atoms. The van der Waals surface area contributed by atoms with Crippen LogP contribution < -0.4 is 10.6 Å². The highest BCUT2D eigenvalue weighted by atomic mass is 32.2. The van der Waals surface area contributed by atoms with Crippen molar-refractivity contribution in [3.63, 3.8) is 0 Å². The fourth-order valence-corrected chi connectivity index (χ4v) is 3.26. The molecule has 3 heterocycles. The number of nitrogens with zero attached hydrogens (tertiary/aromatic N) is 3. The smallest absolute Gasteiger partial charge is 0.275 e. The lowest BCUT2D eigenvalue weighted by Crippen LogP contribution is -2.29. The molecule has 2 amide bonds. The van der Waals surface area contributed by atoms with Crippen LogP contribution in [0.25, 0.3) is 0 Å². The van der Waals surface area contributed by atoms with Gasteiger partial charge in [-0.1, -0.05) is 23.5 Å². The lowest BCUT2D eigenvalue weighted by molar-refractivity contribution is 0.0962. The van der Waals surface area contributed by atoms with E-state index >= 15 is 0 Å². The highest BCUT2D eigenvalue weighted by molar-refractivity contribution is 8.14. The first-order chi connectivity index (χ1) is 10.7. The zero-order valence-electron chi connectivity index (χ0n) is 11.5. The van der Waals surface area contributed by atoms with Gasteiger partial charge in [-0.05, 0) is 12.1 Å². The first kappa shape index (κ1) is 15.0. The first-order valence-electron chi connectivity index (χ1n) is 6.65. The minimum Gasteiger partial charge on any atom is -0.301 e. The fraction of sp³-hybridized carbons (Fsp3) is 0.308. The first-order valence-corrected chi connectivity index (χ1v) is 8.63. The van der Waals surface area contributed by atoms with Crippen LogP contribution in [0, 0.1) is 0 Å². The number of nitrogens with one attached hydrogen (secondary N) is 2. The van der Waals surface area contributed by atoms with Crippen LogP contribution in [-0.4, -0.2) is 51.7 Å². The molecule has 0 saturated carbocycles. The van der Waals surface area contributed by atoms with Gasteiger partial charge >= 0.3 is 0 Å². The molecule has 0 fully saturated rings. The minimum atomic E-state index is -0.323. The number of carbonyl (C=O) groups is 2. The van der Waals surface area contributed by atoms with Crippen LogP contribution in [-0.2, 0) is 0 Å². The van der Waals surface area contributed by atoms with Gasteiger partial charge in [0, 0.05) is 17.7 Å². The van der Waals surface area contributed by atoms with E-state index in [-0.39, 0.29) is 17.5 Å². The van der Waals surface area contributed by atoms with Crippen molar-refractivity contribution in [3.05, 3.63) is 29.6 Å². The molecule has 2 aliphatic rings. The lowest BCUT2D eigenvalue weighted by atomic mass is 10.2. The number of rotatable bonds is 2. The molecule has 2 aliphatic heterocycles. The standard InChI is InChI=1S/C13H13N5O2S2/c19-10(17-12-14-3-5-21-12)8-1-2-9(16-7-8)11(20)18-13-15-4-6-22-13/h1-2,7H,3-6H2,(H,14,17,19)(H,15,18,20). The molecule has 3 rings (SSSR count). The fourth-order valence-electron chi connectivity index (χ4n) is 1.81. The summed E-state index contributed by atoms with van der Waals surface area (Å²) in [7, 11) is 0. The Bertz CT molecular complexity index is 600. The number of pyridine rings is 1. The van der Waals surface area contributed by atoms with E-state index < -0.39 is 0 Å². The molecule has 7 nitrogen and oxygen atoms in total. The molecule has 0 radical (unpaired) electrons. The highest BCUT2D eigenvalue weighted by Crippen LogP contribution is 2.11. The second-order valence-corrected chi connectivity index (χ2v) is 6.58. The molecule has 0 aliphatic carbocycles. The van der Waals surface area contributed by atoms with E-state index in [9.17, 15) is 9.59 Å². The third kappa shape index (κ3) is 3.66. The molecular weight excluding hydrogens is 322 g/mol. The van der Waals surface area contributed by atoms with Crippen molar-refractivity contribution in [3.8, 4) is 0 Å². The van der Waals surface area contributed by atoms with Crippen molar-refractivity contribution in [2.45, 2.75) is 0 Å². The van der Waals surface area contributed by atoms with E-state index in [1.54, 1.807) is 6.07 Å². The van der Waals surface area contributed by atoms with E-state index in [2.05, 4.69) is 25.6 Å². The van der Waals surface area contributed by atoms with Crippen molar-refractivity contribution >= 4 is 45.7 Å². The Labute approximate surface area is 135 Å². The quantitative estimate of drug-likeness (QED) is 0.831. The van der Waals surface area contributed by atoms with Crippen molar-refractivity contribution in [1.29, 1.82) is 0 Å². The van der Waals surface area contributed by atoms with Crippen LogP contribution >= 0.6 is 23.5 Å². The second-order valence-electron chi connectivity index (χ2n) is 4.41. The molecule has 0 spiro atoms. The summed E-state index contributed by atoms with van der Waals surface area (Å²) in [5, 5.41) is 6.65. The van der Waals surface area contributed by atoms with Crippen LogP contribution in [0.3, 0.4) is 0 Å². The van der Waals surface area contributed by atoms with Gasteiger partial charge in [-0.2, -0.15) is 0 Å². The van der Waals surface area contributed by atoms with E-state index in [1.807, 2.05) is 0 Å². The number of hydrogen-bond donors (Lipinski definition) is 2. The SMILES string of the molecule is O=C(NC1=NCCS1)c1ccc(C(=O)NC2=NCCS2)nc1. The molecule has 9 heteroatoms. The van der Waals surface area contributed by atoms with Gasteiger partial charge in [0.1, 0.15) is 5.69 Å². The van der Waals surface area contributed by atoms with Crippen LogP contribution in [0.5, 0.6) is 0 Å². The molecule has 0 atom stereocenters. The van der Waals surface area contributed by atoms with Crippen LogP contribution in [0.15, 0.2) is 28.3 Å². The van der Waals surface area contributed by atoms with Gasteiger partial charge in [-0.3, -0.25) is 29.9 Å². The molecule has 22 heavy (non-hydrogen) atoms. The number of amides is 2. The molecule has 0 saturated heterocycles. The summed E-state index contributed by atoms with van der Waals surface area (Å²) in [6, 6.07) is 3.09. The molecule has 0 unspecified atom stereocenters. The number of amidine groups is 2. The predicted octanol–water partition coefficient (Wildman–Crippen LogP) is 0.747. The average molecular weight is 335 g/mol. The van der Waals surface area contributed by atoms with Gasteiger partial charge in [-0.15, -0.1) is 0 Å². The summed E-state index contributed by atoms with van der Waals surface area (Å²) in [4.78, 5) is 36.3. The Balaban J connectivity index is 1.61. The van der Waals surface area contributed by atoms with Gasteiger partial charge in [0.2, 0.25) is 0 Å². The Kier molecular flexibility index (Phi) is 4.74.